The molecule has 21 heavy (non-hydrogen) atoms. The SMILES string of the molecule is CNS(=O)(=O)CCNc1cc(OC(C)C)cc([N+](=O)[O-])c1. The molecule has 0 bridgehead atoms. The van der Waals surface area contributed by atoms with Crippen LogP contribution in [0.15, 0.2) is 18.2 Å². The number of benzene rings is 1. The normalized spacial score (nSPS) is 11.4. The summed E-state index contributed by atoms with van der Waals surface area (Å²) in [4.78, 5) is 10.4. The van der Waals surface area contributed by atoms with Crippen molar-refractivity contribution in [1.82, 2.24) is 4.72 Å². The first-order valence-electron chi connectivity index (χ1n) is 6.35. The van der Waals surface area contributed by atoms with E-state index < -0.39 is 14.9 Å². The second kappa shape index (κ2) is 7.23. The Labute approximate surface area is 123 Å². The van der Waals surface area contributed by atoms with Gasteiger partial charge in [-0.3, -0.25) is 10.1 Å². The van der Waals surface area contributed by atoms with Gasteiger partial charge in [-0.05, 0) is 20.9 Å². The van der Waals surface area contributed by atoms with Gasteiger partial charge in [0.2, 0.25) is 10.0 Å². The van der Waals surface area contributed by atoms with E-state index in [9.17, 15) is 18.5 Å². The fourth-order valence-electron chi connectivity index (χ4n) is 1.56. The molecule has 0 fully saturated rings. The summed E-state index contributed by atoms with van der Waals surface area (Å²) in [6, 6.07) is 4.26. The van der Waals surface area contributed by atoms with Crippen LogP contribution in [0.3, 0.4) is 0 Å². The predicted molar refractivity (Wildman–Crippen MR) is 80.2 cm³/mol. The van der Waals surface area contributed by atoms with Gasteiger partial charge in [0, 0.05) is 24.4 Å². The number of nitrogens with zero attached hydrogens (tertiary/aromatic N) is 1. The molecule has 0 atom stereocenters. The molecule has 0 radical (unpaired) electrons. The van der Waals surface area contributed by atoms with E-state index in [1.165, 1.54) is 19.2 Å². The molecule has 0 saturated carbocycles. The van der Waals surface area contributed by atoms with Crippen molar-refractivity contribution in [2.45, 2.75) is 20.0 Å². The van der Waals surface area contributed by atoms with Gasteiger partial charge in [-0.2, -0.15) is 0 Å². The summed E-state index contributed by atoms with van der Waals surface area (Å²) in [6.45, 7) is 3.75. The van der Waals surface area contributed by atoms with Gasteiger partial charge in [-0.15, -0.1) is 0 Å². The van der Waals surface area contributed by atoms with E-state index in [0.717, 1.165) is 0 Å². The van der Waals surface area contributed by atoms with Crippen molar-refractivity contribution >= 4 is 21.4 Å². The summed E-state index contributed by atoms with van der Waals surface area (Å²) in [5.74, 6) is 0.227. The first-order chi connectivity index (χ1) is 9.73. The van der Waals surface area contributed by atoms with Crippen LogP contribution in [0.2, 0.25) is 0 Å². The van der Waals surface area contributed by atoms with Gasteiger partial charge >= 0.3 is 0 Å². The highest BCUT2D eigenvalue weighted by molar-refractivity contribution is 7.89. The zero-order chi connectivity index (χ0) is 16.0. The minimum Gasteiger partial charge on any atom is -0.491 e. The van der Waals surface area contributed by atoms with E-state index in [4.69, 9.17) is 4.74 Å². The molecule has 0 saturated heterocycles. The molecule has 1 aromatic carbocycles. The van der Waals surface area contributed by atoms with Crippen LogP contribution in [-0.2, 0) is 10.0 Å². The van der Waals surface area contributed by atoms with Crippen molar-refractivity contribution in [3.8, 4) is 5.75 Å². The molecule has 0 aliphatic heterocycles. The van der Waals surface area contributed by atoms with Crippen molar-refractivity contribution < 1.29 is 18.1 Å². The van der Waals surface area contributed by atoms with Gasteiger partial charge in [0.15, 0.2) is 0 Å². The minimum absolute atomic E-state index is 0.118. The van der Waals surface area contributed by atoms with Crippen LogP contribution in [0.25, 0.3) is 0 Å². The van der Waals surface area contributed by atoms with E-state index >= 15 is 0 Å². The van der Waals surface area contributed by atoms with Crippen molar-refractivity contribution in [2.24, 2.45) is 0 Å². The zero-order valence-electron chi connectivity index (χ0n) is 12.1. The Kier molecular flexibility index (Phi) is 5.91. The highest BCUT2D eigenvalue weighted by Crippen LogP contribution is 2.26. The van der Waals surface area contributed by atoms with E-state index in [1.54, 1.807) is 6.07 Å². The molecule has 1 aromatic rings. The number of anilines is 1. The highest BCUT2D eigenvalue weighted by atomic mass is 32.2. The van der Waals surface area contributed by atoms with Crippen LogP contribution in [-0.4, -0.2) is 38.8 Å². The fourth-order valence-corrected chi connectivity index (χ4v) is 2.14. The smallest absolute Gasteiger partial charge is 0.275 e. The lowest BCUT2D eigenvalue weighted by Gasteiger charge is -2.12. The van der Waals surface area contributed by atoms with E-state index in [1.807, 2.05) is 13.8 Å². The van der Waals surface area contributed by atoms with Gasteiger partial charge < -0.3 is 10.1 Å². The Morgan fingerprint density at radius 3 is 2.52 bits per heavy atom. The first-order valence-corrected chi connectivity index (χ1v) is 8.00. The van der Waals surface area contributed by atoms with Gasteiger partial charge in [0.1, 0.15) is 5.75 Å². The van der Waals surface area contributed by atoms with Gasteiger partial charge in [-0.25, -0.2) is 13.1 Å². The maximum Gasteiger partial charge on any atom is 0.275 e. The van der Waals surface area contributed by atoms with Crippen molar-refractivity contribution in [3.63, 3.8) is 0 Å². The Morgan fingerprint density at radius 2 is 2.00 bits per heavy atom. The highest BCUT2D eigenvalue weighted by Gasteiger charge is 2.12. The summed E-state index contributed by atoms with van der Waals surface area (Å²) in [7, 11) is -1.99. The molecule has 0 aliphatic carbocycles. The van der Waals surface area contributed by atoms with Crippen LogP contribution in [0.5, 0.6) is 5.75 Å². The van der Waals surface area contributed by atoms with Crippen molar-refractivity contribution in [2.75, 3.05) is 24.7 Å². The van der Waals surface area contributed by atoms with Crippen LogP contribution in [0, 0.1) is 10.1 Å². The Morgan fingerprint density at radius 1 is 1.33 bits per heavy atom. The van der Waals surface area contributed by atoms with Crippen LogP contribution in [0.4, 0.5) is 11.4 Å². The summed E-state index contributed by atoms with van der Waals surface area (Å²) in [5.41, 5.74) is 0.318. The molecule has 118 valence electrons. The van der Waals surface area contributed by atoms with Gasteiger partial charge in [-0.1, -0.05) is 0 Å². The average molecular weight is 317 g/mol. The number of sulfonamides is 1. The molecule has 0 aliphatic rings. The molecular formula is C12H19N3O5S. The minimum atomic E-state index is -3.32. The number of rotatable bonds is 8. The summed E-state index contributed by atoms with van der Waals surface area (Å²) >= 11 is 0. The lowest BCUT2D eigenvalue weighted by atomic mass is 10.2. The molecule has 0 aromatic heterocycles. The standard InChI is InChI=1S/C12H19N3O5S/c1-9(2)20-12-7-10(6-11(8-12)15(16)17)14-4-5-21(18,19)13-3/h6-9,13-14H,4-5H2,1-3H3. The number of nitro groups is 1. The molecule has 0 amide bonds. The average Bonchev–Trinajstić information content (AvgIpc) is 2.37. The molecule has 0 heterocycles. The van der Waals surface area contributed by atoms with E-state index in [-0.39, 0.29) is 24.1 Å². The number of nitrogens with one attached hydrogen (secondary N) is 2. The number of non-ortho nitro benzene ring substituents is 1. The summed E-state index contributed by atoms with van der Waals surface area (Å²) in [5, 5.41) is 13.7. The topological polar surface area (TPSA) is 111 Å². The molecule has 0 spiro atoms. The number of nitro benzene ring substituents is 1. The lowest BCUT2D eigenvalue weighted by Crippen LogP contribution is -2.26. The Hall–Kier alpha value is -1.87. The molecule has 0 unspecified atom stereocenters. The molecule has 1 rings (SSSR count). The molecule has 8 nitrogen and oxygen atoms in total. The van der Waals surface area contributed by atoms with Crippen LogP contribution in [0.1, 0.15) is 13.8 Å². The monoisotopic (exact) mass is 317 g/mol. The number of ether oxygens (including phenoxy) is 1. The van der Waals surface area contributed by atoms with E-state index in [0.29, 0.717) is 11.4 Å². The van der Waals surface area contributed by atoms with Crippen molar-refractivity contribution in [1.29, 1.82) is 0 Å². The third-order valence-electron chi connectivity index (χ3n) is 2.48. The second-order valence-electron chi connectivity index (χ2n) is 4.59. The first kappa shape index (κ1) is 17.2. The number of hydrogen-bond donors (Lipinski definition) is 2. The van der Waals surface area contributed by atoms with E-state index in [2.05, 4.69) is 10.0 Å². The second-order valence-corrected chi connectivity index (χ2v) is 6.64. The zero-order valence-corrected chi connectivity index (χ0v) is 12.9. The molecule has 9 heteroatoms. The van der Waals surface area contributed by atoms with Gasteiger partial charge in [0.25, 0.3) is 5.69 Å². The Bertz CT molecular complexity index is 601. The third-order valence-corrected chi connectivity index (χ3v) is 3.85. The fraction of sp³-hybridized carbons (Fsp3) is 0.500. The Balaban J connectivity index is 2.85. The van der Waals surface area contributed by atoms with Crippen LogP contribution >= 0.6 is 0 Å². The summed E-state index contributed by atoms with van der Waals surface area (Å²) < 4.78 is 30.2. The maximum absolute atomic E-state index is 11.3. The largest absolute Gasteiger partial charge is 0.491 e. The third kappa shape index (κ3) is 5.96. The lowest BCUT2D eigenvalue weighted by molar-refractivity contribution is -0.384. The maximum atomic E-state index is 11.3. The molecular weight excluding hydrogens is 298 g/mol. The number of hydrogen-bond acceptors (Lipinski definition) is 6. The quantitative estimate of drug-likeness (QED) is 0.553. The summed E-state index contributed by atoms with van der Waals surface area (Å²) in [6.07, 6.45) is -0.121. The van der Waals surface area contributed by atoms with Gasteiger partial charge in [0.05, 0.1) is 22.8 Å². The molecule has 2 N–H and O–H groups in total. The van der Waals surface area contributed by atoms with Crippen LogP contribution < -0.4 is 14.8 Å². The van der Waals surface area contributed by atoms with Crippen molar-refractivity contribution in [3.05, 3.63) is 28.3 Å². The predicted octanol–water partition coefficient (Wildman–Crippen LogP) is 1.34.